The highest BCUT2D eigenvalue weighted by Gasteiger charge is 2.23. The number of carbonyl (C=O) groups excluding carboxylic acids is 3. The third-order valence-electron chi connectivity index (χ3n) is 3.31. The largest absolute Gasteiger partial charge is 0.495 e. The number of hydrazone groups is 1. The van der Waals surface area contributed by atoms with E-state index in [2.05, 4.69) is 15.8 Å². The van der Waals surface area contributed by atoms with Gasteiger partial charge in [-0.3, -0.25) is 14.4 Å². The van der Waals surface area contributed by atoms with Crippen molar-refractivity contribution in [3.63, 3.8) is 0 Å². The zero-order chi connectivity index (χ0) is 17.7. The number of amides is 3. The van der Waals surface area contributed by atoms with Crippen molar-refractivity contribution in [2.24, 2.45) is 5.10 Å². The summed E-state index contributed by atoms with van der Waals surface area (Å²) in [6.45, 7) is -0.179. The van der Waals surface area contributed by atoms with Crippen LogP contribution in [0.2, 0.25) is 5.02 Å². The maximum atomic E-state index is 12.2. The van der Waals surface area contributed by atoms with E-state index in [0.717, 1.165) is 0 Å². The molecule has 0 radical (unpaired) electrons. The molecule has 9 heteroatoms. The second-order valence-corrected chi connectivity index (χ2v) is 5.58. The highest BCUT2D eigenvalue weighted by atomic mass is 35.5. The van der Waals surface area contributed by atoms with Crippen LogP contribution in [0.3, 0.4) is 0 Å². The molecule has 2 N–H and O–H groups in total. The number of likely N-dealkylation sites (N-methyl/N-ethyl adjacent to an activating group) is 1. The number of halogens is 1. The zero-order valence-corrected chi connectivity index (χ0v) is 14.0. The fourth-order valence-corrected chi connectivity index (χ4v) is 2.28. The van der Waals surface area contributed by atoms with E-state index in [1.54, 1.807) is 18.2 Å². The van der Waals surface area contributed by atoms with Crippen LogP contribution in [-0.4, -0.2) is 49.0 Å². The van der Waals surface area contributed by atoms with Gasteiger partial charge in [0.25, 0.3) is 5.91 Å². The third kappa shape index (κ3) is 4.45. The molecule has 8 nitrogen and oxygen atoms in total. The van der Waals surface area contributed by atoms with E-state index in [0.29, 0.717) is 16.5 Å². The Morgan fingerprint density at radius 3 is 2.79 bits per heavy atom. The van der Waals surface area contributed by atoms with E-state index in [1.165, 1.54) is 19.1 Å². The van der Waals surface area contributed by atoms with E-state index in [9.17, 15) is 14.4 Å². The molecule has 0 aromatic heterocycles. The predicted octanol–water partition coefficient (Wildman–Crippen LogP) is 1.01. The Morgan fingerprint density at radius 2 is 2.17 bits per heavy atom. The van der Waals surface area contributed by atoms with E-state index < -0.39 is 11.8 Å². The van der Waals surface area contributed by atoms with Crippen molar-refractivity contribution in [1.29, 1.82) is 0 Å². The van der Waals surface area contributed by atoms with Crippen molar-refractivity contribution < 1.29 is 19.1 Å². The van der Waals surface area contributed by atoms with Crippen molar-refractivity contribution >= 4 is 40.7 Å². The predicted molar refractivity (Wildman–Crippen MR) is 89.1 cm³/mol. The number of nitrogens with zero attached hydrogens (tertiary/aromatic N) is 2. The Labute approximate surface area is 143 Å². The van der Waals surface area contributed by atoms with Gasteiger partial charge in [0.1, 0.15) is 11.5 Å². The number of ether oxygens (including phenoxy) is 1. The monoisotopic (exact) mass is 352 g/mol. The third-order valence-corrected chi connectivity index (χ3v) is 3.55. The molecule has 0 saturated heterocycles. The van der Waals surface area contributed by atoms with E-state index in [4.69, 9.17) is 16.3 Å². The molecule has 0 aliphatic carbocycles. The van der Waals surface area contributed by atoms with Crippen LogP contribution >= 0.6 is 11.6 Å². The van der Waals surface area contributed by atoms with Crippen LogP contribution in [0.25, 0.3) is 0 Å². The quantitative estimate of drug-likeness (QED) is 0.826. The Bertz CT molecular complexity index is 705. The molecule has 2 rings (SSSR count). The smallest absolute Gasteiger partial charge is 0.270 e. The van der Waals surface area contributed by atoms with Crippen molar-refractivity contribution in [1.82, 2.24) is 10.3 Å². The summed E-state index contributed by atoms with van der Waals surface area (Å²) in [6.07, 6.45) is 0.447. The average molecular weight is 353 g/mol. The van der Waals surface area contributed by atoms with Gasteiger partial charge in [0, 0.05) is 24.9 Å². The maximum absolute atomic E-state index is 12.2. The summed E-state index contributed by atoms with van der Waals surface area (Å²) < 4.78 is 5.15. The summed E-state index contributed by atoms with van der Waals surface area (Å²) >= 11 is 5.91. The number of hydrogen-bond donors (Lipinski definition) is 2. The highest BCUT2D eigenvalue weighted by Crippen LogP contribution is 2.27. The molecule has 1 aromatic rings. The van der Waals surface area contributed by atoms with Crippen LogP contribution in [0.15, 0.2) is 23.3 Å². The van der Waals surface area contributed by atoms with Crippen molar-refractivity contribution in [2.75, 3.05) is 26.0 Å². The first kappa shape index (κ1) is 17.7. The lowest BCUT2D eigenvalue weighted by atomic mass is 10.1. The van der Waals surface area contributed by atoms with Gasteiger partial charge in [-0.25, -0.2) is 5.43 Å². The summed E-state index contributed by atoms with van der Waals surface area (Å²) in [7, 11) is 2.96. The molecule has 3 amide bonds. The number of carbonyl (C=O) groups is 3. The molecule has 1 aliphatic heterocycles. The van der Waals surface area contributed by atoms with Crippen molar-refractivity contribution in [3.05, 3.63) is 23.2 Å². The van der Waals surface area contributed by atoms with Gasteiger partial charge in [0.15, 0.2) is 0 Å². The molecule has 24 heavy (non-hydrogen) atoms. The fraction of sp³-hybridized carbons (Fsp3) is 0.333. The minimum absolute atomic E-state index is 0.179. The first-order valence-electron chi connectivity index (χ1n) is 7.15. The van der Waals surface area contributed by atoms with Gasteiger partial charge in [-0.15, -0.1) is 0 Å². The molecular formula is C15H17ClN4O4. The lowest BCUT2D eigenvalue weighted by molar-refractivity contribution is -0.128. The molecule has 0 atom stereocenters. The minimum Gasteiger partial charge on any atom is -0.495 e. The van der Waals surface area contributed by atoms with Gasteiger partial charge in [0.05, 0.1) is 19.3 Å². The number of hydrogen-bond acceptors (Lipinski definition) is 5. The summed E-state index contributed by atoms with van der Waals surface area (Å²) in [4.78, 5) is 36.6. The standard InChI is InChI=1S/C15H17ClN4O4/c1-20(15(23)10-4-6-13(21)19-18-10)8-14(22)17-11-7-9(16)3-5-12(11)24-2/h3,5,7H,4,6,8H2,1-2H3,(H,17,22)(H,19,21). The van der Waals surface area contributed by atoms with Crippen LogP contribution in [0.4, 0.5) is 5.69 Å². The molecule has 1 aromatic carbocycles. The minimum atomic E-state index is -0.414. The molecule has 0 spiro atoms. The average Bonchev–Trinajstić information content (AvgIpc) is 2.55. The first-order chi connectivity index (χ1) is 11.4. The van der Waals surface area contributed by atoms with Gasteiger partial charge in [-0.2, -0.15) is 5.10 Å². The maximum Gasteiger partial charge on any atom is 0.270 e. The molecule has 128 valence electrons. The molecule has 0 saturated carbocycles. The first-order valence-corrected chi connectivity index (χ1v) is 7.52. The number of anilines is 1. The summed E-state index contributed by atoms with van der Waals surface area (Å²) in [5, 5.41) is 6.81. The lowest BCUT2D eigenvalue weighted by Crippen LogP contribution is -2.41. The molecular weight excluding hydrogens is 336 g/mol. The molecule has 0 fully saturated rings. The van der Waals surface area contributed by atoms with Crippen LogP contribution in [-0.2, 0) is 14.4 Å². The van der Waals surface area contributed by atoms with Crippen LogP contribution in [0.1, 0.15) is 12.8 Å². The number of benzene rings is 1. The van der Waals surface area contributed by atoms with Crippen LogP contribution in [0, 0.1) is 0 Å². The fourth-order valence-electron chi connectivity index (χ4n) is 2.10. The topological polar surface area (TPSA) is 100 Å². The molecule has 0 bridgehead atoms. The van der Waals surface area contributed by atoms with Gasteiger partial charge in [-0.05, 0) is 18.2 Å². The molecule has 1 heterocycles. The van der Waals surface area contributed by atoms with Crippen molar-refractivity contribution in [3.8, 4) is 5.75 Å². The highest BCUT2D eigenvalue weighted by molar-refractivity contribution is 6.39. The summed E-state index contributed by atoms with van der Waals surface area (Å²) in [6, 6.07) is 4.83. The number of methoxy groups -OCH3 is 1. The Hall–Kier alpha value is -2.61. The van der Waals surface area contributed by atoms with E-state index >= 15 is 0 Å². The van der Waals surface area contributed by atoms with Crippen LogP contribution < -0.4 is 15.5 Å². The van der Waals surface area contributed by atoms with Gasteiger partial charge >= 0.3 is 0 Å². The van der Waals surface area contributed by atoms with E-state index in [1.807, 2.05) is 0 Å². The van der Waals surface area contributed by atoms with Gasteiger partial charge in [0.2, 0.25) is 11.8 Å². The Balaban J connectivity index is 1.98. The second-order valence-electron chi connectivity index (χ2n) is 5.15. The number of nitrogens with one attached hydrogen (secondary N) is 2. The van der Waals surface area contributed by atoms with Gasteiger partial charge in [-0.1, -0.05) is 11.6 Å². The summed E-state index contributed by atoms with van der Waals surface area (Å²) in [5.41, 5.74) is 2.88. The Morgan fingerprint density at radius 1 is 1.42 bits per heavy atom. The second kappa shape index (κ2) is 7.78. The lowest BCUT2D eigenvalue weighted by Gasteiger charge is -2.19. The molecule has 1 aliphatic rings. The zero-order valence-electron chi connectivity index (χ0n) is 13.3. The SMILES string of the molecule is COc1ccc(Cl)cc1NC(=O)CN(C)C(=O)C1=NNC(=O)CC1. The van der Waals surface area contributed by atoms with Gasteiger partial charge < -0.3 is 15.0 Å². The number of rotatable bonds is 5. The normalized spacial score (nSPS) is 13.6. The molecule has 0 unspecified atom stereocenters. The van der Waals surface area contributed by atoms with E-state index in [-0.39, 0.29) is 31.0 Å². The Kier molecular flexibility index (Phi) is 5.75. The van der Waals surface area contributed by atoms with Crippen LogP contribution in [0.5, 0.6) is 5.75 Å². The summed E-state index contributed by atoms with van der Waals surface area (Å²) in [5.74, 6) is -0.601. The van der Waals surface area contributed by atoms with Crippen molar-refractivity contribution in [2.45, 2.75) is 12.8 Å².